The van der Waals surface area contributed by atoms with Crippen LogP contribution in [0.15, 0.2) is 18.2 Å². The molecule has 0 spiro atoms. The number of phenolic OH excluding ortho intramolecular Hbond substituents is 1. The molecule has 0 amide bonds. The van der Waals surface area contributed by atoms with Crippen LogP contribution in [0.25, 0.3) is 0 Å². The third kappa shape index (κ3) is 1.67. The van der Waals surface area contributed by atoms with Crippen LogP contribution in [0, 0.1) is 5.41 Å². The summed E-state index contributed by atoms with van der Waals surface area (Å²) in [7, 11) is 0. The molecule has 17 heavy (non-hydrogen) atoms. The van der Waals surface area contributed by atoms with Crippen LogP contribution in [0.4, 0.5) is 0 Å². The van der Waals surface area contributed by atoms with E-state index in [0.29, 0.717) is 23.9 Å². The summed E-state index contributed by atoms with van der Waals surface area (Å²) in [6, 6.07) is 5.64. The van der Waals surface area contributed by atoms with E-state index >= 15 is 0 Å². The predicted octanol–water partition coefficient (Wildman–Crippen LogP) is 3.18. The summed E-state index contributed by atoms with van der Waals surface area (Å²) >= 11 is 0. The van der Waals surface area contributed by atoms with Crippen molar-refractivity contribution in [2.75, 3.05) is 0 Å². The summed E-state index contributed by atoms with van der Waals surface area (Å²) in [5, 5.41) is 9.53. The molecule has 1 aromatic rings. The number of rotatable bonds is 0. The molecule has 0 bridgehead atoms. The highest BCUT2D eigenvalue weighted by Crippen LogP contribution is 2.53. The molecule has 1 N–H and O–H groups in total. The zero-order valence-electron chi connectivity index (χ0n) is 10.2. The highest BCUT2D eigenvalue weighted by atomic mass is 16.3. The van der Waals surface area contributed by atoms with Crippen molar-refractivity contribution in [1.29, 1.82) is 0 Å². The molecule has 1 saturated carbocycles. The number of fused-ring (bicyclic) bond motifs is 3. The topological polar surface area (TPSA) is 37.3 Å². The lowest BCUT2D eigenvalue weighted by atomic mass is 9.58. The number of phenols is 1. The van der Waals surface area contributed by atoms with Crippen molar-refractivity contribution in [1.82, 2.24) is 0 Å². The van der Waals surface area contributed by atoms with Crippen LogP contribution in [0.3, 0.4) is 0 Å². The first-order valence-electron chi connectivity index (χ1n) is 6.42. The van der Waals surface area contributed by atoms with Gasteiger partial charge in [-0.3, -0.25) is 4.79 Å². The Bertz CT molecular complexity index is 478. The zero-order valence-corrected chi connectivity index (χ0v) is 10.2. The number of aromatic hydroxyl groups is 1. The number of benzene rings is 1. The Kier molecular flexibility index (Phi) is 2.29. The van der Waals surface area contributed by atoms with Gasteiger partial charge in [0.1, 0.15) is 11.5 Å². The fraction of sp³-hybridized carbons (Fsp3) is 0.533. The number of ketones is 1. The highest BCUT2D eigenvalue weighted by Gasteiger charge is 2.43. The Morgan fingerprint density at radius 1 is 1.29 bits per heavy atom. The lowest BCUT2D eigenvalue weighted by Crippen LogP contribution is -2.36. The quantitative estimate of drug-likeness (QED) is 0.743. The van der Waals surface area contributed by atoms with E-state index < -0.39 is 0 Å². The summed E-state index contributed by atoms with van der Waals surface area (Å²) < 4.78 is 0. The summed E-state index contributed by atoms with van der Waals surface area (Å²) in [4.78, 5) is 11.7. The maximum atomic E-state index is 11.7. The summed E-state index contributed by atoms with van der Waals surface area (Å²) in [5.74, 6) is 1.11. The van der Waals surface area contributed by atoms with E-state index in [-0.39, 0.29) is 5.41 Å². The minimum Gasteiger partial charge on any atom is -0.508 e. The van der Waals surface area contributed by atoms with Crippen LogP contribution >= 0.6 is 0 Å². The van der Waals surface area contributed by atoms with E-state index in [1.807, 2.05) is 12.1 Å². The molecule has 2 nitrogen and oxygen atoms in total. The number of carbonyl (C=O) groups excluding carboxylic acids is 1. The van der Waals surface area contributed by atoms with Gasteiger partial charge in [0.25, 0.3) is 0 Å². The molecule has 0 radical (unpaired) electrons. The molecule has 3 rings (SSSR count). The summed E-state index contributed by atoms with van der Waals surface area (Å²) in [6.45, 7) is 2.32. The van der Waals surface area contributed by atoms with Gasteiger partial charge in [0, 0.05) is 12.8 Å². The Hall–Kier alpha value is -1.31. The van der Waals surface area contributed by atoms with Crippen molar-refractivity contribution < 1.29 is 9.90 Å². The molecule has 1 unspecified atom stereocenters. The van der Waals surface area contributed by atoms with Crippen LogP contribution in [0.2, 0.25) is 0 Å². The van der Waals surface area contributed by atoms with Crippen molar-refractivity contribution in [3.05, 3.63) is 29.3 Å². The Balaban J connectivity index is 2.06. The van der Waals surface area contributed by atoms with Gasteiger partial charge >= 0.3 is 0 Å². The Morgan fingerprint density at radius 2 is 2.06 bits per heavy atom. The lowest BCUT2D eigenvalue weighted by Gasteiger charge is -2.45. The number of hydrogen-bond acceptors (Lipinski definition) is 2. The maximum Gasteiger partial charge on any atom is 0.133 e. The van der Waals surface area contributed by atoms with E-state index in [4.69, 9.17) is 0 Å². The first-order valence-corrected chi connectivity index (χ1v) is 6.42. The van der Waals surface area contributed by atoms with Gasteiger partial charge in [0.15, 0.2) is 0 Å². The van der Waals surface area contributed by atoms with Crippen molar-refractivity contribution in [2.45, 2.75) is 44.9 Å². The predicted molar refractivity (Wildman–Crippen MR) is 66.1 cm³/mol. The van der Waals surface area contributed by atoms with Gasteiger partial charge < -0.3 is 5.11 Å². The smallest absolute Gasteiger partial charge is 0.133 e. The molecular weight excluding hydrogens is 212 g/mol. The number of aryl methyl sites for hydroxylation is 1. The van der Waals surface area contributed by atoms with E-state index in [1.54, 1.807) is 6.07 Å². The Morgan fingerprint density at radius 3 is 2.88 bits per heavy atom. The normalized spacial score (nSPS) is 31.8. The van der Waals surface area contributed by atoms with Crippen molar-refractivity contribution >= 4 is 5.78 Å². The van der Waals surface area contributed by atoms with Gasteiger partial charge in [-0.1, -0.05) is 13.0 Å². The van der Waals surface area contributed by atoms with Crippen LogP contribution in [0.5, 0.6) is 5.75 Å². The summed E-state index contributed by atoms with van der Waals surface area (Å²) in [5.41, 5.74) is 2.82. The minimum atomic E-state index is 0.290. The van der Waals surface area contributed by atoms with Crippen molar-refractivity contribution in [2.24, 2.45) is 5.41 Å². The van der Waals surface area contributed by atoms with Gasteiger partial charge in [-0.05, 0) is 53.9 Å². The van der Waals surface area contributed by atoms with E-state index in [2.05, 4.69) is 6.92 Å². The molecule has 1 fully saturated rings. The first-order chi connectivity index (χ1) is 8.08. The Labute approximate surface area is 102 Å². The SMILES string of the molecule is CC12CCC(=O)C[C@@H]1c1ccc(O)cc1CC2. The minimum absolute atomic E-state index is 0.290. The molecule has 0 aromatic heterocycles. The van der Waals surface area contributed by atoms with Crippen LogP contribution < -0.4 is 0 Å². The maximum absolute atomic E-state index is 11.7. The molecule has 90 valence electrons. The second-order valence-corrected chi connectivity index (χ2v) is 5.83. The monoisotopic (exact) mass is 230 g/mol. The van der Waals surface area contributed by atoms with Gasteiger partial charge in [0.2, 0.25) is 0 Å². The molecule has 2 heteroatoms. The molecule has 2 atom stereocenters. The van der Waals surface area contributed by atoms with Crippen molar-refractivity contribution in [3.63, 3.8) is 0 Å². The second kappa shape index (κ2) is 3.59. The lowest BCUT2D eigenvalue weighted by molar-refractivity contribution is -0.123. The van der Waals surface area contributed by atoms with Gasteiger partial charge in [-0.15, -0.1) is 0 Å². The first kappa shape index (κ1) is 10.8. The molecule has 0 aliphatic heterocycles. The molecule has 2 aliphatic carbocycles. The van der Waals surface area contributed by atoms with Gasteiger partial charge in [-0.2, -0.15) is 0 Å². The van der Waals surface area contributed by atoms with Gasteiger partial charge in [-0.25, -0.2) is 0 Å². The summed E-state index contributed by atoms with van der Waals surface area (Å²) in [6.07, 6.45) is 4.64. The largest absolute Gasteiger partial charge is 0.508 e. The second-order valence-electron chi connectivity index (χ2n) is 5.83. The zero-order chi connectivity index (χ0) is 12.0. The average Bonchev–Trinajstić information content (AvgIpc) is 2.30. The van der Waals surface area contributed by atoms with Gasteiger partial charge in [0.05, 0.1) is 0 Å². The van der Waals surface area contributed by atoms with Crippen molar-refractivity contribution in [3.8, 4) is 5.75 Å². The average molecular weight is 230 g/mol. The fourth-order valence-electron chi connectivity index (χ4n) is 3.53. The highest BCUT2D eigenvalue weighted by molar-refractivity contribution is 5.80. The fourth-order valence-corrected chi connectivity index (χ4v) is 3.53. The molecule has 0 saturated heterocycles. The number of hydrogen-bond donors (Lipinski definition) is 1. The molecule has 0 heterocycles. The molecular formula is C15H18O2. The van der Waals surface area contributed by atoms with Crippen LogP contribution in [0.1, 0.15) is 49.7 Å². The number of carbonyl (C=O) groups is 1. The van der Waals surface area contributed by atoms with E-state index in [9.17, 15) is 9.90 Å². The molecule has 2 aliphatic rings. The van der Waals surface area contributed by atoms with Crippen LogP contribution in [-0.2, 0) is 11.2 Å². The third-order valence-corrected chi connectivity index (χ3v) is 4.72. The third-order valence-electron chi connectivity index (χ3n) is 4.72. The van der Waals surface area contributed by atoms with E-state index in [0.717, 1.165) is 25.7 Å². The molecule has 1 aromatic carbocycles. The number of Topliss-reactive ketones (excluding diaryl/α,β-unsaturated/α-hetero) is 1. The standard InChI is InChI=1S/C15H18O2/c1-15-6-4-10-8-11(16)2-3-13(10)14(15)9-12(17)5-7-15/h2-3,8,14,16H,4-7,9H2,1H3/t14-,15?/m1/s1. The van der Waals surface area contributed by atoms with Crippen LogP contribution in [-0.4, -0.2) is 10.9 Å². The van der Waals surface area contributed by atoms with E-state index in [1.165, 1.54) is 11.1 Å².